The van der Waals surface area contributed by atoms with E-state index in [1.807, 2.05) is 23.0 Å². The molecule has 0 N–H and O–H groups in total. The Balaban J connectivity index is 1.23. The third kappa shape index (κ3) is 4.70. The van der Waals surface area contributed by atoms with E-state index >= 15 is 0 Å². The van der Waals surface area contributed by atoms with E-state index < -0.39 is 0 Å². The zero-order chi connectivity index (χ0) is 19.2. The summed E-state index contributed by atoms with van der Waals surface area (Å²) in [5, 5.41) is 0. The number of pyridine rings is 1. The molecule has 6 nitrogen and oxygen atoms in total. The lowest BCUT2D eigenvalue weighted by atomic mass is 10.2. The molecule has 0 unspecified atom stereocenters. The van der Waals surface area contributed by atoms with Gasteiger partial charge in [-0.3, -0.25) is 4.90 Å². The second-order valence-electron chi connectivity index (χ2n) is 7.20. The van der Waals surface area contributed by atoms with Crippen LogP contribution in [0.4, 0.5) is 5.82 Å². The molecule has 0 spiro atoms. The van der Waals surface area contributed by atoms with E-state index in [4.69, 9.17) is 4.74 Å². The number of hydrogen-bond acceptors (Lipinski definition) is 5. The van der Waals surface area contributed by atoms with Gasteiger partial charge in [0.05, 0.1) is 12.9 Å². The lowest BCUT2D eigenvalue weighted by Crippen LogP contribution is -2.46. The van der Waals surface area contributed by atoms with Crippen LogP contribution in [0.1, 0.15) is 11.1 Å². The van der Waals surface area contributed by atoms with E-state index in [-0.39, 0.29) is 0 Å². The molecule has 0 amide bonds. The zero-order valence-electron chi connectivity index (χ0n) is 16.4. The van der Waals surface area contributed by atoms with Crippen LogP contribution >= 0.6 is 0 Å². The average molecular weight is 377 g/mol. The first kappa shape index (κ1) is 18.5. The molecule has 0 bridgehead atoms. The van der Waals surface area contributed by atoms with Crippen LogP contribution in [0.5, 0.6) is 5.75 Å². The molecule has 0 saturated carbocycles. The van der Waals surface area contributed by atoms with Gasteiger partial charge in [-0.15, -0.1) is 0 Å². The Morgan fingerprint density at radius 2 is 1.82 bits per heavy atom. The summed E-state index contributed by atoms with van der Waals surface area (Å²) in [6.45, 7) is 8.71. The van der Waals surface area contributed by atoms with Crippen molar-refractivity contribution in [2.45, 2.75) is 20.0 Å². The van der Waals surface area contributed by atoms with Crippen molar-refractivity contribution in [3.63, 3.8) is 0 Å². The molecule has 0 aliphatic carbocycles. The highest BCUT2D eigenvalue weighted by Crippen LogP contribution is 2.19. The third-order valence-corrected chi connectivity index (χ3v) is 5.16. The van der Waals surface area contributed by atoms with Crippen LogP contribution in [-0.4, -0.2) is 52.2 Å². The second-order valence-corrected chi connectivity index (χ2v) is 7.20. The zero-order valence-corrected chi connectivity index (χ0v) is 16.4. The normalized spacial score (nSPS) is 15.0. The third-order valence-electron chi connectivity index (χ3n) is 5.16. The summed E-state index contributed by atoms with van der Waals surface area (Å²) >= 11 is 0. The van der Waals surface area contributed by atoms with Crippen LogP contribution in [-0.2, 0) is 13.1 Å². The molecule has 3 aromatic rings. The van der Waals surface area contributed by atoms with Crippen LogP contribution < -0.4 is 9.64 Å². The van der Waals surface area contributed by atoms with Crippen molar-refractivity contribution in [3.05, 3.63) is 72.4 Å². The number of rotatable bonds is 7. The highest BCUT2D eigenvalue weighted by atomic mass is 16.5. The van der Waals surface area contributed by atoms with E-state index in [9.17, 15) is 0 Å². The summed E-state index contributed by atoms with van der Waals surface area (Å²) in [5.41, 5.74) is 2.57. The van der Waals surface area contributed by atoms with Gasteiger partial charge in [0.1, 0.15) is 18.2 Å². The van der Waals surface area contributed by atoms with Crippen LogP contribution in [0, 0.1) is 6.92 Å². The first-order valence-electron chi connectivity index (χ1n) is 9.84. The van der Waals surface area contributed by atoms with Crippen LogP contribution in [0.25, 0.3) is 0 Å². The Kier molecular flexibility index (Phi) is 5.87. The smallest absolute Gasteiger partial charge is 0.131 e. The Labute approximate surface area is 166 Å². The second kappa shape index (κ2) is 8.89. The van der Waals surface area contributed by atoms with Gasteiger partial charge >= 0.3 is 0 Å². The molecule has 0 atom stereocenters. The predicted molar refractivity (Wildman–Crippen MR) is 111 cm³/mol. The molecule has 28 heavy (non-hydrogen) atoms. The van der Waals surface area contributed by atoms with Crippen molar-refractivity contribution < 1.29 is 4.74 Å². The summed E-state index contributed by atoms with van der Waals surface area (Å²) in [7, 11) is 0. The van der Waals surface area contributed by atoms with Crippen molar-refractivity contribution in [1.29, 1.82) is 0 Å². The molecule has 6 heteroatoms. The standard InChI is InChI=1S/C22H27N5O/c1-19-3-2-8-24-22(19)27-13-11-25(12-14-27)17-20-4-6-21(7-5-20)28-16-15-26-10-9-23-18-26/h2-10,18H,11-17H2,1H3. The van der Waals surface area contributed by atoms with Crippen LogP contribution in [0.2, 0.25) is 0 Å². The fourth-order valence-electron chi connectivity index (χ4n) is 3.56. The molecule has 3 heterocycles. The number of anilines is 1. The number of benzene rings is 1. The van der Waals surface area contributed by atoms with Gasteiger partial charge < -0.3 is 14.2 Å². The monoisotopic (exact) mass is 377 g/mol. The summed E-state index contributed by atoms with van der Waals surface area (Å²) in [6, 6.07) is 12.6. The van der Waals surface area contributed by atoms with Crippen molar-refractivity contribution in [3.8, 4) is 5.75 Å². The maximum Gasteiger partial charge on any atom is 0.131 e. The Hall–Kier alpha value is -2.86. The van der Waals surface area contributed by atoms with E-state index in [0.29, 0.717) is 6.61 Å². The molecule has 1 fully saturated rings. The average Bonchev–Trinajstić information content (AvgIpc) is 3.24. The van der Waals surface area contributed by atoms with E-state index in [1.54, 1.807) is 12.5 Å². The lowest BCUT2D eigenvalue weighted by molar-refractivity contribution is 0.249. The molecule has 2 aromatic heterocycles. The molecule has 1 aliphatic heterocycles. The Bertz CT molecular complexity index is 855. The van der Waals surface area contributed by atoms with Crippen molar-refractivity contribution >= 4 is 5.82 Å². The van der Waals surface area contributed by atoms with Gasteiger partial charge in [0.25, 0.3) is 0 Å². The highest BCUT2D eigenvalue weighted by molar-refractivity contribution is 5.46. The lowest BCUT2D eigenvalue weighted by Gasteiger charge is -2.36. The number of ether oxygens (including phenoxy) is 1. The van der Waals surface area contributed by atoms with Gasteiger partial charge in [0.2, 0.25) is 0 Å². The molecule has 0 radical (unpaired) electrons. The maximum absolute atomic E-state index is 5.82. The molecule has 1 aromatic carbocycles. The van der Waals surface area contributed by atoms with Gasteiger partial charge in [0, 0.05) is 51.3 Å². The van der Waals surface area contributed by atoms with E-state index in [2.05, 4.69) is 57.0 Å². The summed E-state index contributed by atoms with van der Waals surface area (Å²) in [5.74, 6) is 2.04. The highest BCUT2D eigenvalue weighted by Gasteiger charge is 2.19. The van der Waals surface area contributed by atoms with Crippen LogP contribution in [0.3, 0.4) is 0 Å². The summed E-state index contributed by atoms with van der Waals surface area (Å²) in [4.78, 5) is 13.5. The number of hydrogen-bond donors (Lipinski definition) is 0. The first-order chi connectivity index (χ1) is 13.8. The molecule has 1 aliphatic rings. The molecular weight excluding hydrogens is 350 g/mol. The number of aromatic nitrogens is 3. The van der Waals surface area contributed by atoms with Crippen molar-refractivity contribution in [2.24, 2.45) is 0 Å². The number of imidazole rings is 1. The quantitative estimate of drug-likeness (QED) is 0.633. The van der Waals surface area contributed by atoms with Crippen LogP contribution in [0.15, 0.2) is 61.3 Å². The van der Waals surface area contributed by atoms with Gasteiger partial charge in [-0.1, -0.05) is 18.2 Å². The number of nitrogens with zero attached hydrogens (tertiary/aromatic N) is 5. The largest absolute Gasteiger partial charge is 0.492 e. The van der Waals surface area contributed by atoms with Gasteiger partial charge in [-0.05, 0) is 36.2 Å². The van der Waals surface area contributed by atoms with Gasteiger partial charge in [-0.2, -0.15) is 0 Å². The molecular formula is C22H27N5O. The molecule has 146 valence electrons. The fourth-order valence-corrected chi connectivity index (χ4v) is 3.56. The minimum Gasteiger partial charge on any atom is -0.492 e. The summed E-state index contributed by atoms with van der Waals surface area (Å²) < 4.78 is 7.84. The number of aryl methyl sites for hydroxylation is 1. The number of piperazine rings is 1. The van der Waals surface area contributed by atoms with Gasteiger partial charge in [-0.25, -0.2) is 9.97 Å². The topological polar surface area (TPSA) is 46.4 Å². The minimum atomic E-state index is 0.643. The predicted octanol–water partition coefficient (Wildman–Crippen LogP) is 2.99. The van der Waals surface area contributed by atoms with Gasteiger partial charge in [0.15, 0.2) is 0 Å². The first-order valence-corrected chi connectivity index (χ1v) is 9.84. The Morgan fingerprint density at radius 1 is 1.00 bits per heavy atom. The molecule has 1 saturated heterocycles. The minimum absolute atomic E-state index is 0.643. The van der Waals surface area contributed by atoms with Crippen molar-refractivity contribution in [1.82, 2.24) is 19.4 Å². The summed E-state index contributed by atoms with van der Waals surface area (Å²) in [6.07, 6.45) is 7.42. The fraction of sp³-hybridized carbons (Fsp3) is 0.364. The molecule has 4 rings (SSSR count). The van der Waals surface area contributed by atoms with Crippen molar-refractivity contribution in [2.75, 3.05) is 37.7 Å². The van der Waals surface area contributed by atoms with E-state index in [1.165, 1.54) is 11.1 Å². The SMILES string of the molecule is Cc1cccnc1N1CCN(Cc2ccc(OCCn3ccnc3)cc2)CC1. The maximum atomic E-state index is 5.82. The van der Waals surface area contributed by atoms with E-state index in [0.717, 1.165) is 50.8 Å². The Morgan fingerprint density at radius 3 is 2.54 bits per heavy atom.